The van der Waals surface area contributed by atoms with Gasteiger partial charge in [-0.1, -0.05) is 27.7 Å². The predicted molar refractivity (Wildman–Crippen MR) is 63.8 cm³/mol. The van der Waals surface area contributed by atoms with Crippen molar-refractivity contribution in [2.45, 2.75) is 46.7 Å². The smallest absolute Gasteiger partial charge is 0.0567 e. The van der Waals surface area contributed by atoms with Crippen LogP contribution in [0.2, 0.25) is 0 Å². The fraction of sp³-hybridized carbons (Fsp3) is 0.750. The molecule has 3 nitrogen and oxygen atoms in total. The number of rotatable bonds is 5. The molecule has 1 rings (SSSR count). The van der Waals surface area contributed by atoms with Gasteiger partial charge in [0.05, 0.1) is 6.54 Å². The molecule has 0 radical (unpaired) electrons. The summed E-state index contributed by atoms with van der Waals surface area (Å²) in [5, 5.41) is 7.84. The molecule has 1 aromatic heterocycles. The Bertz CT molecular complexity index is 259. The van der Waals surface area contributed by atoms with E-state index >= 15 is 0 Å². The second-order valence-electron chi connectivity index (χ2n) is 5.10. The van der Waals surface area contributed by atoms with Crippen molar-refractivity contribution in [1.29, 1.82) is 0 Å². The summed E-state index contributed by atoms with van der Waals surface area (Å²) in [4.78, 5) is 0. The molecule has 0 aliphatic carbocycles. The molecule has 0 spiro atoms. The van der Waals surface area contributed by atoms with Gasteiger partial charge >= 0.3 is 0 Å². The van der Waals surface area contributed by atoms with Gasteiger partial charge in [0.25, 0.3) is 0 Å². The van der Waals surface area contributed by atoms with Gasteiger partial charge in [0, 0.05) is 18.4 Å². The molecule has 0 aliphatic heterocycles. The Kier molecular flexibility index (Phi) is 4.33. The van der Waals surface area contributed by atoms with E-state index in [1.165, 1.54) is 6.42 Å². The summed E-state index contributed by atoms with van der Waals surface area (Å²) >= 11 is 0. The zero-order valence-electron chi connectivity index (χ0n) is 10.3. The van der Waals surface area contributed by atoms with E-state index in [0.29, 0.717) is 6.04 Å². The lowest BCUT2D eigenvalue weighted by atomic mass is 9.86. The zero-order valence-corrected chi connectivity index (χ0v) is 10.3. The molecule has 15 heavy (non-hydrogen) atoms. The maximum absolute atomic E-state index is 4.25. The lowest BCUT2D eigenvalue weighted by Crippen LogP contribution is -2.43. The molecule has 1 aromatic rings. The van der Waals surface area contributed by atoms with Crippen molar-refractivity contribution in [3.63, 3.8) is 0 Å². The van der Waals surface area contributed by atoms with E-state index in [0.717, 1.165) is 13.1 Å². The third kappa shape index (κ3) is 4.04. The van der Waals surface area contributed by atoms with Crippen molar-refractivity contribution in [1.82, 2.24) is 15.1 Å². The minimum atomic E-state index is 0.265. The number of hydrogen-bond acceptors (Lipinski definition) is 2. The third-order valence-electron chi connectivity index (χ3n) is 2.61. The van der Waals surface area contributed by atoms with Crippen LogP contribution < -0.4 is 5.32 Å². The second-order valence-corrected chi connectivity index (χ2v) is 5.10. The molecule has 0 saturated carbocycles. The zero-order chi connectivity index (χ0) is 11.3. The second kappa shape index (κ2) is 5.31. The summed E-state index contributed by atoms with van der Waals surface area (Å²) in [6, 6.07) is 2.44. The van der Waals surface area contributed by atoms with Gasteiger partial charge in [0.2, 0.25) is 0 Å². The van der Waals surface area contributed by atoms with Gasteiger partial charge in [-0.2, -0.15) is 5.10 Å². The van der Waals surface area contributed by atoms with Crippen molar-refractivity contribution in [2.24, 2.45) is 5.41 Å². The van der Waals surface area contributed by atoms with Crippen LogP contribution in [0.5, 0.6) is 0 Å². The van der Waals surface area contributed by atoms with E-state index in [1.54, 1.807) is 0 Å². The lowest BCUT2D eigenvalue weighted by molar-refractivity contribution is 0.236. The Hall–Kier alpha value is -0.830. The first-order chi connectivity index (χ1) is 7.04. The minimum absolute atomic E-state index is 0.265. The summed E-state index contributed by atoms with van der Waals surface area (Å²) in [5.41, 5.74) is 0.265. The van der Waals surface area contributed by atoms with Crippen LogP contribution in [-0.2, 0) is 6.54 Å². The summed E-state index contributed by atoms with van der Waals surface area (Å²) in [5.74, 6) is 0. The van der Waals surface area contributed by atoms with Crippen molar-refractivity contribution in [3.05, 3.63) is 18.5 Å². The molecule has 1 N–H and O–H groups in total. The van der Waals surface area contributed by atoms with Crippen LogP contribution >= 0.6 is 0 Å². The van der Waals surface area contributed by atoms with Gasteiger partial charge in [0.1, 0.15) is 0 Å². The number of nitrogens with one attached hydrogen (secondary N) is 1. The highest BCUT2D eigenvalue weighted by Crippen LogP contribution is 2.20. The lowest BCUT2D eigenvalue weighted by Gasteiger charge is -2.31. The molecule has 1 atom stereocenters. The third-order valence-corrected chi connectivity index (χ3v) is 2.61. The van der Waals surface area contributed by atoms with Crippen LogP contribution in [0.3, 0.4) is 0 Å². The maximum Gasteiger partial charge on any atom is 0.0567 e. The van der Waals surface area contributed by atoms with Crippen molar-refractivity contribution < 1.29 is 0 Å². The number of nitrogens with zero attached hydrogens (tertiary/aromatic N) is 2. The average Bonchev–Trinajstić information content (AvgIpc) is 2.62. The van der Waals surface area contributed by atoms with E-state index in [4.69, 9.17) is 0 Å². The molecule has 0 aromatic carbocycles. The van der Waals surface area contributed by atoms with E-state index in [2.05, 4.69) is 38.1 Å². The van der Waals surface area contributed by atoms with Gasteiger partial charge in [-0.15, -0.1) is 0 Å². The highest BCUT2D eigenvalue weighted by Gasteiger charge is 2.24. The molecule has 3 heteroatoms. The van der Waals surface area contributed by atoms with Crippen LogP contribution in [0.4, 0.5) is 0 Å². The Morgan fingerprint density at radius 1 is 1.40 bits per heavy atom. The van der Waals surface area contributed by atoms with Gasteiger partial charge in [-0.25, -0.2) is 0 Å². The van der Waals surface area contributed by atoms with Crippen LogP contribution in [0.15, 0.2) is 18.5 Å². The highest BCUT2D eigenvalue weighted by atomic mass is 15.3. The topological polar surface area (TPSA) is 29.9 Å². The molecule has 1 unspecified atom stereocenters. The first-order valence-corrected chi connectivity index (χ1v) is 5.75. The first kappa shape index (κ1) is 12.2. The Labute approximate surface area is 92.9 Å². The summed E-state index contributed by atoms with van der Waals surface area (Å²) in [6.45, 7) is 11.0. The molecule has 0 fully saturated rings. The van der Waals surface area contributed by atoms with Crippen LogP contribution in [0.25, 0.3) is 0 Å². The minimum Gasteiger partial charge on any atom is -0.312 e. The molecule has 0 saturated heterocycles. The fourth-order valence-corrected chi connectivity index (χ4v) is 1.56. The van der Waals surface area contributed by atoms with E-state index in [9.17, 15) is 0 Å². The van der Waals surface area contributed by atoms with Gasteiger partial charge < -0.3 is 5.32 Å². The first-order valence-electron chi connectivity index (χ1n) is 5.75. The molecule has 86 valence electrons. The molecular formula is C12H23N3. The molecule has 0 aliphatic rings. The highest BCUT2D eigenvalue weighted by molar-refractivity contribution is 4.84. The van der Waals surface area contributed by atoms with Crippen molar-refractivity contribution >= 4 is 0 Å². The summed E-state index contributed by atoms with van der Waals surface area (Å²) < 4.78 is 2.00. The Morgan fingerprint density at radius 3 is 2.60 bits per heavy atom. The van der Waals surface area contributed by atoms with Gasteiger partial charge in [-0.05, 0) is 24.4 Å². The SMILES string of the molecule is CCCNC(Cn1cccn1)C(C)(C)C. The van der Waals surface area contributed by atoms with Crippen molar-refractivity contribution in [2.75, 3.05) is 6.54 Å². The van der Waals surface area contributed by atoms with Crippen LogP contribution in [0.1, 0.15) is 34.1 Å². The molecular weight excluding hydrogens is 186 g/mol. The Balaban J connectivity index is 2.57. The summed E-state index contributed by atoms with van der Waals surface area (Å²) in [6.07, 6.45) is 5.03. The largest absolute Gasteiger partial charge is 0.312 e. The fourth-order valence-electron chi connectivity index (χ4n) is 1.56. The standard InChI is InChI=1S/C12H23N3/c1-5-7-13-11(12(2,3)4)10-15-9-6-8-14-15/h6,8-9,11,13H,5,7,10H2,1-4H3. The Morgan fingerprint density at radius 2 is 2.13 bits per heavy atom. The number of hydrogen-bond donors (Lipinski definition) is 1. The van der Waals surface area contributed by atoms with Crippen LogP contribution in [-0.4, -0.2) is 22.4 Å². The summed E-state index contributed by atoms with van der Waals surface area (Å²) in [7, 11) is 0. The van der Waals surface area contributed by atoms with Crippen LogP contribution in [0, 0.1) is 5.41 Å². The monoisotopic (exact) mass is 209 g/mol. The van der Waals surface area contributed by atoms with E-state index < -0.39 is 0 Å². The molecule has 1 heterocycles. The number of aromatic nitrogens is 2. The normalized spacial score (nSPS) is 14.1. The van der Waals surface area contributed by atoms with E-state index in [1.807, 2.05) is 23.1 Å². The molecule has 0 amide bonds. The van der Waals surface area contributed by atoms with Gasteiger partial charge in [-0.3, -0.25) is 4.68 Å². The van der Waals surface area contributed by atoms with Crippen molar-refractivity contribution in [3.8, 4) is 0 Å². The quantitative estimate of drug-likeness (QED) is 0.806. The van der Waals surface area contributed by atoms with E-state index in [-0.39, 0.29) is 5.41 Å². The predicted octanol–water partition coefficient (Wildman–Crippen LogP) is 2.30. The maximum atomic E-state index is 4.25. The average molecular weight is 209 g/mol. The molecule has 0 bridgehead atoms. The van der Waals surface area contributed by atoms with Gasteiger partial charge in [0.15, 0.2) is 0 Å².